The minimum atomic E-state index is -4.89. The van der Waals surface area contributed by atoms with Gasteiger partial charge in [0.25, 0.3) is 7.82 Å². The maximum absolute atomic E-state index is 8.77. The highest BCUT2D eigenvalue weighted by atomic mass is 32.1. The maximum Gasteiger partial charge on any atom is 0.329 e. The van der Waals surface area contributed by atoms with Crippen LogP contribution in [-0.4, -0.2) is 9.79 Å². The molecule has 0 fully saturated rings. The number of nitrogens with one attached hydrogen (secondary N) is 1. The van der Waals surface area contributed by atoms with Crippen LogP contribution < -0.4 is 15.6 Å². The topological polar surface area (TPSA) is 121 Å². The number of phosphoric acid groups is 1. The second-order valence-electron chi connectivity index (χ2n) is 1.42. The molecule has 0 spiro atoms. The Bertz CT molecular complexity index is 223. The van der Waals surface area contributed by atoms with Crippen LogP contribution in [0, 0.1) is 0 Å². The van der Waals surface area contributed by atoms with Crippen LogP contribution in [0.3, 0.4) is 0 Å². The molecule has 6 nitrogen and oxygen atoms in total. The average Bonchev–Trinajstić information content (AvgIpc) is 2.12. The van der Waals surface area contributed by atoms with Gasteiger partial charge in [-0.2, -0.15) is 0 Å². The SMILES string of the molecule is Nc1[nH+]ccs1.O=P([O-])(O)O. The smallest absolute Gasteiger partial charge is 0.329 e. The molecule has 64 valence electrons. The van der Waals surface area contributed by atoms with Gasteiger partial charge in [0.1, 0.15) is 0 Å². The second kappa shape index (κ2) is 4.42. The highest BCUT2D eigenvalue weighted by Gasteiger charge is 1.84. The van der Waals surface area contributed by atoms with Crippen LogP contribution in [0.2, 0.25) is 0 Å². The Kier molecular flexibility index (Phi) is 4.24. The number of H-pyrrole nitrogens is 1. The molecule has 0 atom stereocenters. The van der Waals surface area contributed by atoms with Gasteiger partial charge in [0, 0.05) is 5.38 Å². The van der Waals surface area contributed by atoms with Crippen LogP contribution in [-0.2, 0) is 4.57 Å². The predicted molar refractivity (Wildman–Crippen MR) is 37.3 cm³/mol. The summed E-state index contributed by atoms with van der Waals surface area (Å²) in [7, 11) is -4.89. The number of nitrogen functional groups attached to an aromatic ring is 1. The predicted octanol–water partition coefficient (Wildman–Crippen LogP) is -1.42. The lowest BCUT2D eigenvalue weighted by Crippen LogP contribution is -2.00. The van der Waals surface area contributed by atoms with Gasteiger partial charge >= 0.3 is 5.13 Å². The summed E-state index contributed by atoms with van der Waals surface area (Å²) >= 11 is 1.50. The largest absolute Gasteiger partial charge is 0.756 e. The van der Waals surface area contributed by atoms with Gasteiger partial charge in [-0.25, -0.2) is 4.98 Å². The van der Waals surface area contributed by atoms with Crippen molar-refractivity contribution in [3.63, 3.8) is 0 Å². The van der Waals surface area contributed by atoms with Crippen molar-refractivity contribution in [1.29, 1.82) is 0 Å². The molecule has 0 bridgehead atoms. The number of hydrogen-bond donors (Lipinski definition) is 3. The first-order valence-electron chi connectivity index (χ1n) is 2.37. The summed E-state index contributed by atoms with van der Waals surface area (Å²) in [6.07, 6.45) is 1.81. The number of hydrogen-bond acceptors (Lipinski definition) is 4. The number of anilines is 1. The first kappa shape index (κ1) is 10.5. The van der Waals surface area contributed by atoms with Crippen molar-refractivity contribution < 1.29 is 24.2 Å². The summed E-state index contributed by atoms with van der Waals surface area (Å²) in [5, 5.41) is 2.66. The van der Waals surface area contributed by atoms with Crippen LogP contribution >= 0.6 is 19.2 Å². The fourth-order valence-corrected chi connectivity index (χ4v) is 0.676. The van der Waals surface area contributed by atoms with E-state index in [9.17, 15) is 0 Å². The lowest BCUT2D eigenvalue weighted by molar-refractivity contribution is -0.353. The number of rotatable bonds is 0. The van der Waals surface area contributed by atoms with Gasteiger partial charge in [-0.3, -0.25) is 10.3 Å². The molecule has 0 unspecified atom stereocenters. The standard InChI is InChI=1S/C3H4N2S.H3O4P/c4-3-5-1-2-6-3;1-5(2,3)4/h1-2H,(H2,4,5);(H3,1,2,3,4). The Hall–Kier alpha value is -0.460. The van der Waals surface area contributed by atoms with Gasteiger partial charge < -0.3 is 14.7 Å². The lowest BCUT2D eigenvalue weighted by atomic mass is 11.0. The Labute approximate surface area is 66.6 Å². The molecule has 1 aromatic heterocycles. The Morgan fingerprint density at radius 3 is 2.27 bits per heavy atom. The van der Waals surface area contributed by atoms with Gasteiger partial charge in [-0.1, -0.05) is 11.3 Å². The van der Waals surface area contributed by atoms with Gasteiger partial charge in [-0.15, -0.1) is 0 Å². The first-order valence-corrected chi connectivity index (χ1v) is 4.78. The van der Waals surface area contributed by atoms with Crippen LogP contribution in [0.1, 0.15) is 0 Å². The van der Waals surface area contributed by atoms with Crippen molar-refractivity contribution in [3.05, 3.63) is 11.6 Å². The molecule has 1 aromatic rings. The fourth-order valence-electron chi connectivity index (χ4n) is 0.257. The van der Waals surface area contributed by atoms with E-state index in [2.05, 4.69) is 4.98 Å². The average molecular weight is 198 g/mol. The summed E-state index contributed by atoms with van der Waals surface area (Å²) in [6.45, 7) is 0. The fraction of sp³-hybridized carbons (Fsp3) is 0. The van der Waals surface area contributed by atoms with Crippen LogP contribution in [0.4, 0.5) is 5.13 Å². The van der Waals surface area contributed by atoms with E-state index >= 15 is 0 Å². The molecular weight excluding hydrogens is 191 g/mol. The molecule has 0 aliphatic heterocycles. The molecule has 1 rings (SSSR count). The van der Waals surface area contributed by atoms with E-state index in [-0.39, 0.29) is 0 Å². The quantitative estimate of drug-likeness (QED) is 0.442. The number of aromatic amines is 1. The van der Waals surface area contributed by atoms with Crippen molar-refractivity contribution in [2.45, 2.75) is 0 Å². The zero-order valence-corrected chi connectivity index (χ0v) is 7.01. The summed E-state index contributed by atoms with van der Waals surface area (Å²) in [6, 6.07) is 0. The van der Waals surface area contributed by atoms with Crippen LogP contribution in [0.15, 0.2) is 11.6 Å². The van der Waals surface area contributed by atoms with Crippen LogP contribution in [0.5, 0.6) is 0 Å². The molecule has 8 heteroatoms. The van der Waals surface area contributed by atoms with Gasteiger partial charge in [0.15, 0.2) is 0 Å². The maximum atomic E-state index is 8.77. The van der Waals surface area contributed by atoms with Gasteiger partial charge in [0.05, 0.1) is 6.20 Å². The van der Waals surface area contributed by atoms with Gasteiger partial charge in [-0.05, 0) is 0 Å². The molecule has 0 saturated heterocycles. The Balaban J connectivity index is 0.000000187. The van der Waals surface area contributed by atoms with Crippen molar-refractivity contribution >= 4 is 24.3 Å². The van der Waals surface area contributed by atoms with E-state index in [0.717, 1.165) is 5.13 Å². The van der Waals surface area contributed by atoms with E-state index in [1.807, 2.05) is 5.38 Å². The molecule has 0 amide bonds. The summed E-state index contributed by atoms with van der Waals surface area (Å²) in [5.74, 6) is 0. The van der Waals surface area contributed by atoms with E-state index in [0.29, 0.717) is 0 Å². The molecule has 0 saturated carbocycles. The molecule has 11 heavy (non-hydrogen) atoms. The molecule has 1 heterocycles. The highest BCUT2D eigenvalue weighted by molar-refractivity contribution is 7.43. The normalized spacial score (nSPS) is 10.1. The van der Waals surface area contributed by atoms with Gasteiger partial charge in [0.2, 0.25) is 0 Å². The van der Waals surface area contributed by atoms with Crippen molar-refractivity contribution in [2.24, 2.45) is 0 Å². The third kappa shape index (κ3) is 12.7. The molecule has 5 N–H and O–H groups in total. The van der Waals surface area contributed by atoms with E-state index < -0.39 is 7.82 Å². The van der Waals surface area contributed by atoms with Crippen LogP contribution in [0.25, 0.3) is 0 Å². The first-order chi connectivity index (χ1) is 4.89. The number of nitrogens with two attached hydrogens (primary N) is 1. The van der Waals surface area contributed by atoms with Crippen molar-refractivity contribution in [3.8, 4) is 0 Å². The zero-order chi connectivity index (χ0) is 8.91. The summed E-state index contributed by atoms with van der Waals surface area (Å²) in [5.41, 5.74) is 5.24. The molecule has 0 radical (unpaired) electrons. The second-order valence-corrected chi connectivity index (χ2v) is 3.35. The third-order valence-electron chi connectivity index (χ3n) is 0.489. The monoisotopic (exact) mass is 198 g/mol. The van der Waals surface area contributed by atoms with Crippen molar-refractivity contribution in [2.75, 3.05) is 5.73 Å². The molecule has 0 aliphatic carbocycles. The van der Waals surface area contributed by atoms with Crippen molar-refractivity contribution in [1.82, 2.24) is 0 Å². The molecular formula is C3H7N2O4PS. The Morgan fingerprint density at radius 2 is 2.18 bits per heavy atom. The highest BCUT2D eigenvalue weighted by Crippen LogP contribution is 2.18. The number of aromatic nitrogens is 1. The van der Waals surface area contributed by atoms with E-state index in [1.165, 1.54) is 11.3 Å². The third-order valence-corrected chi connectivity index (χ3v) is 1.13. The Morgan fingerprint density at radius 1 is 1.73 bits per heavy atom. The minimum absolute atomic E-state index is 0.759. The summed E-state index contributed by atoms with van der Waals surface area (Å²) < 4.78 is 8.77. The minimum Gasteiger partial charge on any atom is -0.756 e. The lowest BCUT2D eigenvalue weighted by Gasteiger charge is -2.01. The van der Waals surface area contributed by atoms with E-state index in [4.69, 9.17) is 25.0 Å². The molecule has 0 aromatic carbocycles. The zero-order valence-electron chi connectivity index (χ0n) is 5.30. The summed E-state index contributed by atoms with van der Waals surface area (Å²) in [4.78, 5) is 25.7. The molecule has 0 aliphatic rings. The number of thiazole rings is 1. The van der Waals surface area contributed by atoms with E-state index in [1.54, 1.807) is 6.20 Å².